The molecule has 22 heavy (non-hydrogen) atoms. The van der Waals surface area contributed by atoms with Crippen molar-refractivity contribution in [3.8, 4) is 0 Å². The Hall–Kier alpha value is -2.15. The van der Waals surface area contributed by atoms with E-state index in [1.54, 1.807) is 18.2 Å². The van der Waals surface area contributed by atoms with Gasteiger partial charge in [0.15, 0.2) is 0 Å². The van der Waals surface area contributed by atoms with Gasteiger partial charge in [-0.15, -0.1) is 10.2 Å². The van der Waals surface area contributed by atoms with Gasteiger partial charge in [-0.2, -0.15) is 0 Å². The summed E-state index contributed by atoms with van der Waals surface area (Å²) in [6.45, 7) is 5.34. The predicted molar refractivity (Wildman–Crippen MR) is 79.9 cm³/mol. The quantitative estimate of drug-likeness (QED) is 0.821. The molecule has 2 aromatic rings. The van der Waals surface area contributed by atoms with E-state index in [1.807, 2.05) is 12.1 Å². The second-order valence-electron chi connectivity index (χ2n) is 5.58. The first-order chi connectivity index (χ1) is 10.7. The second-order valence-corrected chi connectivity index (χ2v) is 5.58. The number of nitrogens with zero attached hydrogens (tertiary/aromatic N) is 5. The molecule has 1 aliphatic heterocycles. The van der Waals surface area contributed by atoms with Gasteiger partial charge in [-0.25, -0.2) is 0 Å². The Morgan fingerprint density at radius 2 is 2.27 bits per heavy atom. The van der Waals surface area contributed by atoms with Crippen molar-refractivity contribution in [3.05, 3.63) is 35.8 Å². The van der Waals surface area contributed by atoms with Crippen LogP contribution in [0, 0.1) is 0 Å². The van der Waals surface area contributed by atoms with Crippen molar-refractivity contribution in [3.63, 3.8) is 0 Å². The lowest BCUT2D eigenvalue weighted by Crippen LogP contribution is -2.42. The van der Waals surface area contributed by atoms with Crippen molar-refractivity contribution in [1.82, 2.24) is 24.6 Å². The molecule has 2 aromatic heterocycles. The molecule has 0 saturated carbocycles. The molecule has 0 saturated heterocycles. The average Bonchev–Trinajstić information content (AvgIpc) is 3.15. The molecule has 0 aromatic carbocycles. The predicted octanol–water partition coefficient (Wildman–Crippen LogP) is 0.908. The third-order valence-corrected chi connectivity index (χ3v) is 3.98. The lowest BCUT2D eigenvalue weighted by Gasteiger charge is -2.28. The Kier molecular flexibility index (Phi) is 4.24. The van der Waals surface area contributed by atoms with Gasteiger partial charge in [-0.05, 0) is 12.1 Å². The van der Waals surface area contributed by atoms with Crippen LogP contribution in [0.5, 0.6) is 0 Å². The Bertz CT molecular complexity index is 634. The Balaban J connectivity index is 1.56. The van der Waals surface area contributed by atoms with Gasteiger partial charge in [0, 0.05) is 26.6 Å². The summed E-state index contributed by atoms with van der Waals surface area (Å²) in [7, 11) is 1.80. The number of carbonyl (C=O) groups is 1. The zero-order chi connectivity index (χ0) is 15.5. The van der Waals surface area contributed by atoms with Crippen LogP contribution in [0.3, 0.4) is 0 Å². The summed E-state index contributed by atoms with van der Waals surface area (Å²) in [5.41, 5.74) is 0. The first kappa shape index (κ1) is 14.8. The number of furan rings is 1. The lowest BCUT2D eigenvalue weighted by atomic mass is 10.3. The number of hydrogen-bond acceptors (Lipinski definition) is 5. The topological polar surface area (TPSA) is 67.4 Å². The molecule has 0 fully saturated rings. The maximum atomic E-state index is 12.3. The molecule has 0 bridgehead atoms. The Morgan fingerprint density at radius 1 is 1.41 bits per heavy atom. The van der Waals surface area contributed by atoms with Gasteiger partial charge < -0.3 is 13.9 Å². The summed E-state index contributed by atoms with van der Waals surface area (Å²) < 4.78 is 7.44. The number of carbonyl (C=O) groups excluding carboxylic acids is 1. The van der Waals surface area contributed by atoms with E-state index in [9.17, 15) is 4.79 Å². The molecule has 0 aliphatic carbocycles. The molecule has 0 N–H and O–H groups in total. The van der Waals surface area contributed by atoms with Crippen molar-refractivity contribution in [2.75, 3.05) is 20.1 Å². The van der Waals surface area contributed by atoms with E-state index in [2.05, 4.69) is 26.6 Å². The summed E-state index contributed by atoms with van der Waals surface area (Å²) in [6, 6.07) is 3.70. The fourth-order valence-electron chi connectivity index (χ4n) is 2.70. The minimum absolute atomic E-state index is 0.0834. The van der Waals surface area contributed by atoms with Crippen molar-refractivity contribution in [2.45, 2.75) is 33.0 Å². The maximum absolute atomic E-state index is 12.3. The van der Waals surface area contributed by atoms with E-state index in [0.717, 1.165) is 36.9 Å². The fraction of sp³-hybridized carbons (Fsp3) is 0.533. The van der Waals surface area contributed by atoms with Crippen molar-refractivity contribution in [2.24, 2.45) is 0 Å². The summed E-state index contributed by atoms with van der Waals surface area (Å²) in [5.74, 6) is 2.85. The van der Waals surface area contributed by atoms with Gasteiger partial charge in [-0.1, -0.05) is 6.92 Å². The highest BCUT2D eigenvalue weighted by Gasteiger charge is 2.23. The number of aromatic nitrogens is 3. The maximum Gasteiger partial charge on any atom is 0.236 e. The van der Waals surface area contributed by atoms with Crippen LogP contribution >= 0.6 is 0 Å². The van der Waals surface area contributed by atoms with Gasteiger partial charge >= 0.3 is 0 Å². The number of likely N-dealkylation sites (N-methyl/N-ethyl adjacent to an activating group) is 1. The van der Waals surface area contributed by atoms with Crippen LogP contribution in [0.1, 0.15) is 24.3 Å². The van der Waals surface area contributed by atoms with Gasteiger partial charge in [0.1, 0.15) is 17.4 Å². The normalized spacial score (nSPS) is 14.8. The Labute approximate surface area is 129 Å². The van der Waals surface area contributed by atoms with E-state index in [0.29, 0.717) is 19.6 Å². The number of aryl methyl sites for hydroxylation is 1. The number of rotatable bonds is 5. The van der Waals surface area contributed by atoms with Gasteiger partial charge in [0.2, 0.25) is 5.91 Å². The van der Waals surface area contributed by atoms with E-state index in [-0.39, 0.29) is 5.91 Å². The zero-order valence-corrected chi connectivity index (χ0v) is 13.0. The van der Waals surface area contributed by atoms with Crippen LogP contribution in [0.15, 0.2) is 22.8 Å². The fourth-order valence-corrected chi connectivity index (χ4v) is 2.70. The highest BCUT2D eigenvalue weighted by molar-refractivity contribution is 5.77. The van der Waals surface area contributed by atoms with Crippen LogP contribution in [0.2, 0.25) is 0 Å². The summed E-state index contributed by atoms with van der Waals surface area (Å²) in [4.78, 5) is 16.1. The smallest absolute Gasteiger partial charge is 0.236 e. The van der Waals surface area contributed by atoms with Gasteiger partial charge in [0.25, 0.3) is 0 Å². The molecular formula is C15H21N5O2. The molecule has 0 spiro atoms. The molecule has 1 amide bonds. The second kappa shape index (κ2) is 6.31. The van der Waals surface area contributed by atoms with Gasteiger partial charge in [0.05, 0.1) is 25.9 Å². The third kappa shape index (κ3) is 3.04. The van der Waals surface area contributed by atoms with Crippen LogP contribution in [0.25, 0.3) is 0 Å². The lowest BCUT2D eigenvalue weighted by molar-refractivity contribution is -0.132. The number of amides is 1. The highest BCUT2D eigenvalue weighted by atomic mass is 16.3. The molecule has 118 valence electrons. The zero-order valence-electron chi connectivity index (χ0n) is 13.0. The third-order valence-electron chi connectivity index (χ3n) is 3.98. The van der Waals surface area contributed by atoms with E-state index >= 15 is 0 Å². The van der Waals surface area contributed by atoms with Crippen LogP contribution in [-0.4, -0.2) is 50.6 Å². The van der Waals surface area contributed by atoms with Crippen molar-refractivity contribution >= 4 is 5.91 Å². The summed E-state index contributed by atoms with van der Waals surface area (Å²) in [6.07, 6.45) is 2.51. The first-order valence-corrected chi connectivity index (χ1v) is 7.57. The molecule has 7 heteroatoms. The summed E-state index contributed by atoms with van der Waals surface area (Å²) >= 11 is 0. The first-order valence-electron chi connectivity index (χ1n) is 7.57. The minimum Gasteiger partial charge on any atom is -0.467 e. The van der Waals surface area contributed by atoms with Crippen LogP contribution < -0.4 is 0 Å². The Morgan fingerprint density at radius 3 is 3.00 bits per heavy atom. The highest BCUT2D eigenvalue weighted by Crippen LogP contribution is 2.13. The molecule has 3 rings (SSSR count). The monoisotopic (exact) mass is 303 g/mol. The van der Waals surface area contributed by atoms with E-state index in [4.69, 9.17) is 4.42 Å². The van der Waals surface area contributed by atoms with Crippen molar-refractivity contribution in [1.29, 1.82) is 0 Å². The average molecular weight is 303 g/mol. The number of fused-ring (bicyclic) bond motifs is 1. The molecule has 7 nitrogen and oxygen atoms in total. The van der Waals surface area contributed by atoms with Gasteiger partial charge in [-0.3, -0.25) is 9.69 Å². The SMILES string of the molecule is CCc1nnc2n1CCN(CC(=O)N(C)Cc1ccco1)C2. The molecule has 0 atom stereocenters. The molecular weight excluding hydrogens is 282 g/mol. The number of hydrogen-bond donors (Lipinski definition) is 0. The van der Waals surface area contributed by atoms with Crippen LogP contribution in [0.4, 0.5) is 0 Å². The standard InChI is InChI=1S/C15H21N5O2/c1-3-13-16-17-14-10-19(6-7-20(13)14)11-15(21)18(2)9-12-5-4-8-22-12/h4-5,8H,3,6-7,9-11H2,1-2H3. The molecule has 3 heterocycles. The minimum atomic E-state index is 0.0834. The molecule has 0 unspecified atom stereocenters. The van der Waals surface area contributed by atoms with Crippen molar-refractivity contribution < 1.29 is 9.21 Å². The molecule has 0 radical (unpaired) electrons. The van der Waals surface area contributed by atoms with E-state index in [1.165, 1.54) is 0 Å². The largest absolute Gasteiger partial charge is 0.467 e. The van der Waals surface area contributed by atoms with Crippen LogP contribution in [-0.2, 0) is 30.8 Å². The summed E-state index contributed by atoms with van der Waals surface area (Å²) in [5, 5.41) is 8.42. The van der Waals surface area contributed by atoms with E-state index < -0.39 is 0 Å². The molecule has 1 aliphatic rings.